The van der Waals surface area contributed by atoms with Crippen molar-refractivity contribution in [2.75, 3.05) is 7.11 Å². The first-order valence-corrected chi connectivity index (χ1v) is 7.02. The number of hydrogen-bond acceptors (Lipinski definition) is 2. The van der Waals surface area contributed by atoms with Gasteiger partial charge in [0.05, 0.1) is 13.2 Å². The molecule has 0 saturated heterocycles. The Labute approximate surface area is 110 Å². The van der Waals surface area contributed by atoms with Crippen LogP contribution in [-0.2, 0) is 6.42 Å². The minimum absolute atomic E-state index is 0.141. The second-order valence-corrected chi connectivity index (χ2v) is 5.48. The van der Waals surface area contributed by atoms with Crippen molar-refractivity contribution in [3.8, 4) is 5.75 Å². The van der Waals surface area contributed by atoms with Gasteiger partial charge in [0.1, 0.15) is 5.75 Å². The van der Waals surface area contributed by atoms with Crippen LogP contribution in [0.1, 0.15) is 43.2 Å². The second kappa shape index (κ2) is 6.24. The van der Waals surface area contributed by atoms with Crippen LogP contribution in [0.5, 0.6) is 5.75 Å². The summed E-state index contributed by atoms with van der Waals surface area (Å²) < 4.78 is 5.43. The number of hydrogen-bond donors (Lipinski definition) is 1. The van der Waals surface area contributed by atoms with Crippen molar-refractivity contribution in [3.63, 3.8) is 0 Å². The average Bonchev–Trinajstić information content (AvgIpc) is 2.55. The smallest absolute Gasteiger partial charge is 0.122 e. The fraction of sp³-hybridized carbons (Fsp3) is 0.625. The molecule has 0 spiro atoms. The van der Waals surface area contributed by atoms with Crippen molar-refractivity contribution in [2.45, 2.75) is 51.6 Å². The first kappa shape index (κ1) is 13.4. The number of rotatable bonds is 3. The standard InChI is InChI=1S/C16H24O2/c1-12-8-9-16(18-2)14(10-12)11-13-6-4-3-5-7-15(13)17/h8-10,13,15,17H,3-7,11H2,1-2H3. The minimum Gasteiger partial charge on any atom is -0.496 e. The van der Waals surface area contributed by atoms with Gasteiger partial charge in [-0.25, -0.2) is 0 Å². The molecule has 0 aromatic heterocycles. The molecule has 0 heterocycles. The van der Waals surface area contributed by atoms with E-state index in [2.05, 4.69) is 19.1 Å². The maximum Gasteiger partial charge on any atom is 0.122 e. The van der Waals surface area contributed by atoms with Crippen LogP contribution in [0, 0.1) is 12.8 Å². The van der Waals surface area contributed by atoms with Crippen LogP contribution >= 0.6 is 0 Å². The predicted molar refractivity (Wildman–Crippen MR) is 74.0 cm³/mol. The number of ether oxygens (including phenoxy) is 1. The molecule has 0 bridgehead atoms. The molecule has 2 nitrogen and oxygen atoms in total. The van der Waals surface area contributed by atoms with E-state index in [1.54, 1.807) is 7.11 Å². The van der Waals surface area contributed by atoms with E-state index < -0.39 is 0 Å². The quantitative estimate of drug-likeness (QED) is 0.830. The number of benzene rings is 1. The molecule has 100 valence electrons. The molecule has 0 amide bonds. The van der Waals surface area contributed by atoms with Crippen LogP contribution in [0.15, 0.2) is 18.2 Å². The van der Waals surface area contributed by atoms with Gasteiger partial charge in [-0.2, -0.15) is 0 Å². The molecule has 1 N–H and O–H groups in total. The Kier molecular flexibility index (Phi) is 4.65. The molecule has 0 aliphatic heterocycles. The molecule has 2 heteroatoms. The van der Waals surface area contributed by atoms with Crippen LogP contribution in [0.4, 0.5) is 0 Å². The van der Waals surface area contributed by atoms with Crippen molar-refractivity contribution in [3.05, 3.63) is 29.3 Å². The zero-order chi connectivity index (χ0) is 13.0. The highest BCUT2D eigenvalue weighted by molar-refractivity contribution is 5.37. The molecule has 1 fully saturated rings. The highest BCUT2D eigenvalue weighted by Crippen LogP contribution is 2.30. The molecule has 1 aliphatic carbocycles. The van der Waals surface area contributed by atoms with E-state index in [1.807, 2.05) is 6.07 Å². The molecule has 18 heavy (non-hydrogen) atoms. The zero-order valence-corrected chi connectivity index (χ0v) is 11.5. The molecule has 2 rings (SSSR count). The Morgan fingerprint density at radius 2 is 2.00 bits per heavy atom. The number of aliphatic hydroxyl groups excluding tert-OH is 1. The molecule has 1 aliphatic rings. The van der Waals surface area contributed by atoms with Crippen LogP contribution < -0.4 is 4.74 Å². The lowest BCUT2D eigenvalue weighted by atomic mass is 9.89. The summed E-state index contributed by atoms with van der Waals surface area (Å²) in [5, 5.41) is 10.2. The third-order valence-electron chi connectivity index (χ3n) is 4.04. The lowest BCUT2D eigenvalue weighted by Crippen LogP contribution is -2.21. The summed E-state index contributed by atoms with van der Waals surface area (Å²) >= 11 is 0. The van der Waals surface area contributed by atoms with Gasteiger partial charge < -0.3 is 9.84 Å². The van der Waals surface area contributed by atoms with Gasteiger partial charge in [0.2, 0.25) is 0 Å². The second-order valence-electron chi connectivity index (χ2n) is 5.48. The number of methoxy groups -OCH3 is 1. The van der Waals surface area contributed by atoms with E-state index in [-0.39, 0.29) is 6.10 Å². The molecular formula is C16H24O2. The first-order chi connectivity index (χ1) is 8.70. The van der Waals surface area contributed by atoms with E-state index in [9.17, 15) is 5.11 Å². The lowest BCUT2D eigenvalue weighted by Gasteiger charge is -2.21. The van der Waals surface area contributed by atoms with E-state index in [4.69, 9.17) is 4.74 Å². The van der Waals surface area contributed by atoms with Gasteiger partial charge in [0.25, 0.3) is 0 Å². The molecule has 2 atom stereocenters. The third kappa shape index (κ3) is 3.26. The van der Waals surface area contributed by atoms with E-state index in [0.29, 0.717) is 5.92 Å². The molecule has 0 radical (unpaired) electrons. The summed E-state index contributed by atoms with van der Waals surface area (Å²) in [7, 11) is 1.72. The van der Waals surface area contributed by atoms with Crippen molar-refractivity contribution in [1.29, 1.82) is 0 Å². The SMILES string of the molecule is COc1ccc(C)cc1CC1CCCCCC1O. The van der Waals surface area contributed by atoms with Crippen LogP contribution in [-0.4, -0.2) is 18.3 Å². The Bertz CT molecular complexity index is 387. The van der Waals surface area contributed by atoms with E-state index in [1.165, 1.54) is 30.4 Å². The third-order valence-corrected chi connectivity index (χ3v) is 4.04. The molecule has 1 aromatic carbocycles. The molecule has 2 unspecified atom stereocenters. The Hall–Kier alpha value is -1.02. The first-order valence-electron chi connectivity index (χ1n) is 7.02. The molecular weight excluding hydrogens is 224 g/mol. The van der Waals surface area contributed by atoms with Crippen molar-refractivity contribution in [1.82, 2.24) is 0 Å². The maximum absolute atomic E-state index is 10.2. The summed E-state index contributed by atoms with van der Waals surface area (Å²) in [6, 6.07) is 6.30. The van der Waals surface area contributed by atoms with Crippen molar-refractivity contribution < 1.29 is 9.84 Å². The number of aliphatic hydroxyl groups is 1. The summed E-state index contributed by atoms with van der Waals surface area (Å²) in [6.07, 6.45) is 6.57. The summed E-state index contributed by atoms with van der Waals surface area (Å²) in [5.41, 5.74) is 2.50. The fourth-order valence-corrected chi connectivity index (χ4v) is 2.95. The topological polar surface area (TPSA) is 29.5 Å². The van der Waals surface area contributed by atoms with Crippen molar-refractivity contribution >= 4 is 0 Å². The molecule has 1 saturated carbocycles. The lowest BCUT2D eigenvalue weighted by molar-refractivity contribution is 0.100. The van der Waals surface area contributed by atoms with Gasteiger partial charge in [0.15, 0.2) is 0 Å². The normalized spacial score (nSPS) is 24.6. The van der Waals surface area contributed by atoms with Crippen molar-refractivity contribution in [2.24, 2.45) is 5.92 Å². The fourth-order valence-electron chi connectivity index (χ4n) is 2.95. The summed E-state index contributed by atoms with van der Waals surface area (Å²) in [6.45, 7) is 2.10. The van der Waals surface area contributed by atoms with Gasteiger partial charge in [-0.1, -0.05) is 37.0 Å². The summed E-state index contributed by atoms with van der Waals surface area (Å²) in [5.74, 6) is 1.35. The maximum atomic E-state index is 10.2. The van der Waals surface area contributed by atoms with E-state index in [0.717, 1.165) is 25.0 Å². The van der Waals surface area contributed by atoms with Gasteiger partial charge >= 0.3 is 0 Å². The Morgan fingerprint density at radius 3 is 2.78 bits per heavy atom. The van der Waals surface area contributed by atoms with Crippen LogP contribution in [0.25, 0.3) is 0 Å². The largest absolute Gasteiger partial charge is 0.496 e. The monoisotopic (exact) mass is 248 g/mol. The Morgan fingerprint density at radius 1 is 1.22 bits per heavy atom. The van der Waals surface area contributed by atoms with Crippen LogP contribution in [0.3, 0.4) is 0 Å². The van der Waals surface area contributed by atoms with Gasteiger partial charge in [-0.3, -0.25) is 0 Å². The Balaban J connectivity index is 2.13. The minimum atomic E-state index is -0.141. The summed E-state index contributed by atoms with van der Waals surface area (Å²) in [4.78, 5) is 0. The highest BCUT2D eigenvalue weighted by Gasteiger charge is 2.22. The van der Waals surface area contributed by atoms with Crippen LogP contribution in [0.2, 0.25) is 0 Å². The number of aryl methyl sites for hydroxylation is 1. The zero-order valence-electron chi connectivity index (χ0n) is 11.5. The van der Waals surface area contributed by atoms with Gasteiger partial charge in [-0.05, 0) is 43.7 Å². The average molecular weight is 248 g/mol. The van der Waals surface area contributed by atoms with Gasteiger partial charge in [0, 0.05) is 0 Å². The van der Waals surface area contributed by atoms with Gasteiger partial charge in [-0.15, -0.1) is 0 Å². The predicted octanol–water partition coefficient (Wildman–Crippen LogP) is 3.49. The highest BCUT2D eigenvalue weighted by atomic mass is 16.5. The molecule has 1 aromatic rings. The van der Waals surface area contributed by atoms with E-state index >= 15 is 0 Å².